The van der Waals surface area contributed by atoms with Gasteiger partial charge in [0.1, 0.15) is 11.9 Å². The van der Waals surface area contributed by atoms with Crippen LogP contribution in [0.1, 0.15) is 21.6 Å². The fourth-order valence-electron chi connectivity index (χ4n) is 3.57. The van der Waals surface area contributed by atoms with Crippen molar-refractivity contribution in [3.63, 3.8) is 0 Å². The first-order valence-corrected chi connectivity index (χ1v) is 10.8. The van der Waals surface area contributed by atoms with E-state index < -0.39 is 55.6 Å². The lowest BCUT2D eigenvalue weighted by Gasteiger charge is -2.09. The predicted octanol–water partition coefficient (Wildman–Crippen LogP) is 3.57. The van der Waals surface area contributed by atoms with Gasteiger partial charge >= 0.3 is 17.3 Å². The molecule has 1 heterocycles. The second-order valence-corrected chi connectivity index (χ2v) is 7.86. The largest absolute Gasteiger partial charge is 0.598 e. The third kappa shape index (κ3) is 5.63. The number of carbonyl (C=O) groups excluding carboxylic acids is 1. The van der Waals surface area contributed by atoms with E-state index in [1.54, 1.807) is 24.3 Å². The summed E-state index contributed by atoms with van der Waals surface area (Å²) in [6.07, 6.45) is 0.0672. The summed E-state index contributed by atoms with van der Waals surface area (Å²) in [5, 5.41) is 44.1. The van der Waals surface area contributed by atoms with Gasteiger partial charge in [-0.1, -0.05) is 29.1 Å². The van der Waals surface area contributed by atoms with E-state index in [4.69, 9.17) is 4.74 Å². The Morgan fingerprint density at radius 2 is 1.67 bits per heavy atom. The van der Waals surface area contributed by atoms with Gasteiger partial charge in [-0.25, -0.2) is 14.3 Å². The number of rotatable bonds is 8. The molecule has 4 aromatic rings. The molecule has 198 valence electrons. The van der Waals surface area contributed by atoms with E-state index in [-0.39, 0.29) is 11.3 Å². The third-order valence-corrected chi connectivity index (χ3v) is 5.29. The molecule has 4 rings (SSSR count). The van der Waals surface area contributed by atoms with Crippen molar-refractivity contribution in [3.05, 3.63) is 113 Å². The first-order valence-electron chi connectivity index (χ1n) is 10.8. The Morgan fingerprint density at radius 3 is 2.33 bits per heavy atom. The molecule has 1 N–H and O–H groups in total. The summed E-state index contributed by atoms with van der Waals surface area (Å²) in [5.74, 6) is -3.96. The smallest absolute Gasteiger partial charge is 0.346 e. The molecule has 0 saturated heterocycles. The molecule has 1 aromatic heterocycles. The molecule has 0 aliphatic rings. The molecule has 0 saturated carbocycles. The van der Waals surface area contributed by atoms with Crippen molar-refractivity contribution in [3.8, 4) is 11.5 Å². The Kier molecular flexibility index (Phi) is 7.19. The number of hydroxylamine groups is 1. The molecule has 0 amide bonds. The van der Waals surface area contributed by atoms with Gasteiger partial charge in [-0.2, -0.15) is 5.10 Å². The predicted molar refractivity (Wildman–Crippen MR) is 129 cm³/mol. The van der Waals surface area contributed by atoms with Gasteiger partial charge in [-0.15, -0.1) is 0 Å². The van der Waals surface area contributed by atoms with Crippen molar-refractivity contribution < 1.29 is 33.5 Å². The van der Waals surface area contributed by atoms with E-state index >= 15 is 0 Å². The summed E-state index contributed by atoms with van der Waals surface area (Å²) >= 11 is 0. The highest BCUT2D eigenvalue weighted by molar-refractivity contribution is 5.92. The topological polar surface area (TPSA) is 206 Å². The first-order chi connectivity index (χ1) is 18.5. The number of halogens is 1. The van der Waals surface area contributed by atoms with Crippen LogP contribution in [0.4, 0.5) is 15.8 Å². The maximum Gasteiger partial charge on any atom is 0.346 e. The number of benzene rings is 3. The Bertz CT molecular complexity index is 1730. The van der Waals surface area contributed by atoms with Crippen LogP contribution in [0, 0.1) is 31.3 Å². The standard InChI is InChI=1S/C23H15FN6O9/c1-28(33)27-39-21-11-20(18(29(34)35)10-19(21)30(36)37)38-23(32)15-8-12(6-7-16(15)24)9-17-13-4-2-3-5-14(13)22(31)26-25-17/h2-8,10-11H,9H2,1H3,(H,26,31)/b28-27-. The van der Waals surface area contributed by atoms with Gasteiger partial charge in [-0.05, 0) is 23.8 Å². The number of ether oxygens (including phenoxy) is 1. The molecule has 15 nitrogen and oxygen atoms in total. The van der Waals surface area contributed by atoms with E-state index in [2.05, 4.69) is 20.3 Å². The maximum absolute atomic E-state index is 14.6. The number of carbonyl (C=O) groups is 1. The van der Waals surface area contributed by atoms with Gasteiger partial charge in [0, 0.05) is 17.9 Å². The Morgan fingerprint density at radius 1 is 1.00 bits per heavy atom. The van der Waals surface area contributed by atoms with Gasteiger partial charge in [-0.3, -0.25) is 29.9 Å². The number of fused-ring (bicyclic) bond motifs is 1. The average Bonchev–Trinajstić information content (AvgIpc) is 2.89. The van der Waals surface area contributed by atoms with Crippen molar-refractivity contribution in [2.24, 2.45) is 5.28 Å². The summed E-state index contributed by atoms with van der Waals surface area (Å²) in [5.41, 5.74) is -2.15. The van der Waals surface area contributed by atoms with Crippen molar-refractivity contribution in [2.45, 2.75) is 6.42 Å². The Balaban J connectivity index is 1.70. The fraction of sp³-hybridized carbons (Fsp3) is 0.0870. The molecule has 0 bridgehead atoms. The monoisotopic (exact) mass is 538 g/mol. The molecule has 0 aliphatic heterocycles. The van der Waals surface area contributed by atoms with Gasteiger partial charge in [0.25, 0.3) is 5.56 Å². The van der Waals surface area contributed by atoms with Crippen LogP contribution < -0.4 is 15.1 Å². The zero-order valence-electron chi connectivity index (χ0n) is 19.7. The van der Waals surface area contributed by atoms with E-state index in [1.165, 1.54) is 6.07 Å². The summed E-state index contributed by atoms with van der Waals surface area (Å²) < 4.78 is 19.6. The first kappa shape index (κ1) is 26.3. The van der Waals surface area contributed by atoms with E-state index in [0.717, 1.165) is 19.2 Å². The quantitative estimate of drug-likeness (QED) is 0.0861. The second kappa shape index (κ2) is 10.7. The van der Waals surface area contributed by atoms with Crippen LogP contribution >= 0.6 is 0 Å². The number of nitro benzene ring substituents is 2. The van der Waals surface area contributed by atoms with Crippen LogP contribution in [0.15, 0.2) is 64.7 Å². The highest BCUT2D eigenvalue weighted by atomic mass is 19.1. The number of esters is 1. The maximum atomic E-state index is 14.6. The number of nitro groups is 2. The molecule has 0 radical (unpaired) electrons. The molecule has 0 atom stereocenters. The molecule has 39 heavy (non-hydrogen) atoms. The number of hydrogen-bond acceptors (Lipinski definition) is 11. The van der Waals surface area contributed by atoms with Crippen LogP contribution in [0.5, 0.6) is 11.5 Å². The number of hydrogen-bond donors (Lipinski definition) is 1. The summed E-state index contributed by atoms with van der Waals surface area (Å²) in [6, 6.07) is 11.2. The number of aromatic nitrogens is 2. The lowest BCUT2D eigenvalue weighted by molar-refractivity contribution is -0.523. The molecule has 16 heteroatoms. The van der Waals surface area contributed by atoms with Gasteiger partial charge in [0.15, 0.2) is 7.05 Å². The number of aromatic amines is 1. The summed E-state index contributed by atoms with van der Waals surface area (Å²) in [4.78, 5) is 50.2. The SMILES string of the molecule is C/[N+]([O-])=N/Oc1cc(OC(=O)c2cc(Cc3n[nH]c(=O)c4ccccc34)ccc2F)c([N+](=O)[O-])cc1[N+](=O)[O-]. The minimum Gasteiger partial charge on any atom is -0.598 e. The van der Waals surface area contributed by atoms with E-state index in [9.17, 15) is 39.4 Å². The molecular formula is C23H15FN6O9. The Labute approximate surface area is 215 Å². The van der Waals surface area contributed by atoms with Crippen LogP contribution in [0.25, 0.3) is 10.8 Å². The van der Waals surface area contributed by atoms with Crippen LogP contribution in [0.2, 0.25) is 0 Å². The highest BCUT2D eigenvalue weighted by Gasteiger charge is 2.30. The average molecular weight is 538 g/mol. The van der Waals surface area contributed by atoms with Crippen LogP contribution in [-0.4, -0.2) is 37.9 Å². The van der Waals surface area contributed by atoms with E-state index in [1.807, 2.05) is 0 Å². The molecule has 0 aliphatic carbocycles. The summed E-state index contributed by atoms with van der Waals surface area (Å²) in [6.45, 7) is 0. The normalized spacial score (nSPS) is 11.3. The number of H-pyrrole nitrogens is 1. The van der Waals surface area contributed by atoms with Crippen molar-refractivity contribution in [1.82, 2.24) is 10.2 Å². The van der Waals surface area contributed by atoms with Gasteiger partial charge in [0.2, 0.25) is 16.8 Å². The lowest BCUT2D eigenvalue weighted by atomic mass is 10.0. The minimum atomic E-state index is -1.37. The van der Waals surface area contributed by atoms with Crippen LogP contribution in [-0.2, 0) is 6.42 Å². The lowest BCUT2D eigenvalue weighted by Crippen LogP contribution is -2.14. The van der Waals surface area contributed by atoms with Crippen molar-refractivity contribution >= 4 is 28.1 Å². The number of nitrogens with zero attached hydrogens (tertiary/aromatic N) is 5. The Hall–Kier alpha value is -5.80. The highest BCUT2D eigenvalue weighted by Crippen LogP contribution is 2.39. The third-order valence-electron chi connectivity index (χ3n) is 5.29. The number of nitrogens with one attached hydrogen (secondary N) is 1. The molecular weight excluding hydrogens is 523 g/mol. The van der Waals surface area contributed by atoms with Crippen molar-refractivity contribution in [2.75, 3.05) is 7.05 Å². The zero-order valence-corrected chi connectivity index (χ0v) is 19.7. The fourth-order valence-corrected chi connectivity index (χ4v) is 3.57. The molecule has 0 unspecified atom stereocenters. The summed E-state index contributed by atoms with van der Waals surface area (Å²) in [7, 11) is 0.902. The second-order valence-electron chi connectivity index (χ2n) is 7.86. The van der Waals surface area contributed by atoms with Crippen molar-refractivity contribution in [1.29, 1.82) is 0 Å². The molecule has 0 fully saturated rings. The van der Waals surface area contributed by atoms with Crippen LogP contribution in [0.3, 0.4) is 0 Å². The minimum absolute atomic E-state index is 0.0672. The van der Waals surface area contributed by atoms with Gasteiger partial charge in [0.05, 0.1) is 26.5 Å². The zero-order chi connectivity index (χ0) is 28.3. The molecule has 3 aromatic carbocycles. The van der Waals surface area contributed by atoms with E-state index in [0.29, 0.717) is 34.2 Å². The van der Waals surface area contributed by atoms with Gasteiger partial charge < -0.3 is 9.94 Å². The molecule has 0 spiro atoms.